The van der Waals surface area contributed by atoms with Crippen LogP contribution in [0.2, 0.25) is 0 Å². The van der Waals surface area contributed by atoms with E-state index in [4.69, 9.17) is 0 Å². The summed E-state index contributed by atoms with van der Waals surface area (Å²) in [6, 6.07) is 0. The van der Waals surface area contributed by atoms with E-state index in [0.717, 1.165) is 6.67 Å². The van der Waals surface area contributed by atoms with E-state index < -0.39 is 0 Å². The first kappa shape index (κ1) is 7.85. The molecule has 0 spiro atoms. The third-order valence-corrected chi connectivity index (χ3v) is 0.588. The third-order valence-electron chi connectivity index (χ3n) is 0.588. The third kappa shape index (κ3) is 3.43. The summed E-state index contributed by atoms with van der Waals surface area (Å²) in [5, 5.41) is 2.91. The van der Waals surface area contributed by atoms with E-state index in [1.807, 2.05) is 12.3 Å². The van der Waals surface area contributed by atoms with Gasteiger partial charge in [-0.05, 0) is 12.3 Å². The van der Waals surface area contributed by atoms with E-state index in [2.05, 4.69) is 10.3 Å². The second kappa shape index (κ2) is 4.99. The predicted molar refractivity (Wildman–Crippen MR) is 32.8 cm³/mol. The quantitative estimate of drug-likeness (QED) is 0.430. The molecule has 0 aromatic rings. The Balaban J connectivity index is 0.000000360. The van der Waals surface area contributed by atoms with Gasteiger partial charge in [-0.2, -0.15) is 0 Å². The summed E-state index contributed by atoms with van der Waals surface area (Å²) >= 11 is 0. The summed E-state index contributed by atoms with van der Waals surface area (Å²) in [5.74, 6) is 0. The Kier molecular flexibility index (Phi) is 5.60. The molecule has 0 saturated carbocycles. The molecule has 0 atom stereocenters. The summed E-state index contributed by atoms with van der Waals surface area (Å²) in [5.41, 5.74) is 0. The monoisotopic (exact) mass is 122 g/mol. The topological polar surface area (TPSA) is 24.4 Å². The van der Waals surface area contributed by atoms with Gasteiger partial charge in [-0.1, -0.05) is 0 Å². The fraction of sp³-hybridized carbons (Fsp3) is 0.250. The number of nitrogens with zero attached hydrogens (tertiary/aromatic N) is 1. The van der Waals surface area contributed by atoms with Crippen LogP contribution in [0.1, 0.15) is 0 Å². The fourth-order valence-electron chi connectivity index (χ4n) is 0.330. The molecule has 0 saturated heterocycles. The van der Waals surface area contributed by atoms with Gasteiger partial charge in [0.1, 0.15) is 6.67 Å². The number of nitrogens with one attached hydrogen (secondary N) is 1. The van der Waals surface area contributed by atoms with Gasteiger partial charge in [-0.15, -0.1) is 0 Å². The molecule has 0 aliphatic carbocycles. The van der Waals surface area contributed by atoms with Crippen molar-refractivity contribution in [3.63, 3.8) is 0 Å². The van der Waals surface area contributed by atoms with Gasteiger partial charge in [0.25, 0.3) is 0 Å². The molecule has 7 heavy (non-hydrogen) atoms. The molecule has 0 fully saturated rings. The number of hydrogen-bond donors (Lipinski definition) is 1. The van der Waals surface area contributed by atoms with Gasteiger partial charge in [-0.3, -0.25) is 4.99 Å². The standard InChI is InChI=1S/C4H6N2.K.H/c1-2-5-4-6-3-1;;/h1-3,5H,4H2;;. The first-order valence-corrected chi connectivity index (χ1v) is 1.88. The SMILES string of the molecule is C1=CNCN=C1.[KH]. The maximum absolute atomic E-state index is 3.85. The molecule has 0 radical (unpaired) electrons. The Morgan fingerprint density at radius 1 is 1.57 bits per heavy atom. The van der Waals surface area contributed by atoms with Gasteiger partial charge >= 0.3 is 51.4 Å². The molecule has 0 aromatic heterocycles. The minimum absolute atomic E-state index is 0. The molecule has 2 nitrogen and oxygen atoms in total. The van der Waals surface area contributed by atoms with Gasteiger partial charge in [0, 0.05) is 6.21 Å². The zero-order chi connectivity index (χ0) is 4.24. The molecule has 0 bridgehead atoms. The number of rotatable bonds is 0. The zero-order valence-corrected chi connectivity index (χ0v) is 3.39. The number of allylic oxidation sites excluding steroid dienone is 1. The van der Waals surface area contributed by atoms with E-state index in [1.54, 1.807) is 6.21 Å². The van der Waals surface area contributed by atoms with Crippen molar-refractivity contribution >= 4 is 57.6 Å². The van der Waals surface area contributed by atoms with Crippen LogP contribution in [-0.2, 0) is 0 Å². The summed E-state index contributed by atoms with van der Waals surface area (Å²) in [6.07, 6.45) is 5.51. The van der Waals surface area contributed by atoms with Crippen LogP contribution in [0, 0.1) is 0 Å². The van der Waals surface area contributed by atoms with E-state index in [1.165, 1.54) is 0 Å². The van der Waals surface area contributed by atoms with Gasteiger partial charge in [0.15, 0.2) is 0 Å². The predicted octanol–water partition coefficient (Wildman–Crippen LogP) is -0.517. The number of aliphatic imine (C=N–C) groups is 1. The van der Waals surface area contributed by atoms with Crippen LogP contribution in [0.4, 0.5) is 0 Å². The van der Waals surface area contributed by atoms with Crippen LogP contribution in [-0.4, -0.2) is 64.3 Å². The van der Waals surface area contributed by atoms with Crippen molar-refractivity contribution in [2.45, 2.75) is 0 Å². The van der Waals surface area contributed by atoms with Crippen LogP contribution in [0.3, 0.4) is 0 Å². The summed E-state index contributed by atoms with van der Waals surface area (Å²) in [6.45, 7) is 0.733. The molecule has 1 aliphatic rings. The molecule has 0 unspecified atom stereocenters. The van der Waals surface area contributed by atoms with E-state index in [9.17, 15) is 0 Å². The van der Waals surface area contributed by atoms with Crippen LogP contribution in [0.25, 0.3) is 0 Å². The summed E-state index contributed by atoms with van der Waals surface area (Å²) in [4.78, 5) is 3.85. The Morgan fingerprint density at radius 3 is 2.57 bits per heavy atom. The van der Waals surface area contributed by atoms with Crippen molar-refractivity contribution in [3.8, 4) is 0 Å². The van der Waals surface area contributed by atoms with Gasteiger partial charge < -0.3 is 5.32 Å². The van der Waals surface area contributed by atoms with Crippen molar-refractivity contribution in [1.29, 1.82) is 0 Å². The summed E-state index contributed by atoms with van der Waals surface area (Å²) in [7, 11) is 0. The molecule has 1 rings (SSSR count). The first-order chi connectivity index (χ1) is 3.00. The normalized spacial score (nSPS) is 14.9. The minimum atomic E-state index is 0. The first-order valence-electron chi connectivity index (χ1n) is 1.88. The van der Waals surface area contributed by atoms with Gasteiger partial charge in [-0.25, -0.2) is 0 Å². The Morgan fingerprint density at radius 2 is 2.43 bits per heavy atom. The molecule has 0 aromatic carbocycles. The average molecular weight is 122 g/mol. The Bertz CT molecular complexity index is 75.7. The number of hydrogen-bond acceptors (Lipinski definition) is 2. The van der Waals surface area contributed by atoms with E-state index in [0.29, 0.717) is 0 Å². The van der Waals surface area contributed by atoms with Crippen LogP contribution in [0.5, 0.6) is 0 Å². The van der Waals surface area contributed by atoms with Crippen molar-refractivity contribution in [1.82, 2.24) is 5.32 Å². The van der Waals surface area contributed by atoms with E-state index in [-0.39, 0.29) is 51.4 Å². The Labute approximate surface area is 85.5 Å². The van der Waals surface area contributed by atoms with Crippen LogP contribution in [0.15, 0.2) is 17.3 Å². The Hall–Kier alpha value is 0.846. The van der Waals surface area contributed by atoms with Crippen LogP contribution < -0.4 is 5.32 Å². The molecule has 1 N–H and O–H groups in total. The van der Waals surface area contributed by atoms with Gasteiger partial charge in [0.05, 0.1) is 0 Å². The molecular formula is C4H7KN2. The molecule has 0 amide bonds. The van der Waals surface area contributed by atoms with Gasteiger partial charge in [0.2, 0.25) is 0 Å². The average Bonchev–Trinajstić information content (AvgIpc) is 1.72. The molecule has 3 heteroatoms. The van der Waals surface area contributed by atoms with Crippen molar-refractivity contribution < 1.29 is 0 Å². The van der Waals surface area contributed by atoms with Crippen molar-refractivity contribution in [3.05, 3.63) is 12.3 Å². The second-order valence-corrected chi connectivity index (χ2v) is 1.05. The molecule has 34 valence electrons. The second-order valence-electron chi connectivity index (χ2n) is 1.05. The molecule has 1 heterocycles. The molecule has 1 aliphatic heterocycles. The van der Waals surface area contributed by atoms with Crippen molar-refractivity contribution in [2.24, 2.45) is 4.99 Å². The van der Waals surface area contributed by atoms with Crippen LogP contribution >= 0.6 is 0 Å². The zero-order valence-electron chi connectivity index (χ0n) is 3.39. The van der Waals surface area contributed by atoms with Crippen molar-refractivity contribution in [2.75, 3.05) is 6.67 Å². The molecular weight excluding hydrogens is 115 g/mol. The summed E-state index contributed by atoms with van der Waals surface area (Å²) < 4.78 is 0. The maximum atomic E-state index is 3.85. The van der Waals surface area contributed by atoms with E-state index >= 15 is 0 Å². The fourth-order valence-corrected chi connectivity index (χ4v) is 0.330.